The van der Waals surface area contributed by atoms with Crippen LogP contribution in [0.3, 0.4) is 0 Å². The summed E-state index contributed by atoms with van der Waals surface area (Å²) in [6.07, 6.45) is -21.3. The van der Waals surface area contributed by atoms with Crippen LogP contribution < -0.4 is 4.74 Å². The molecule has 21 heavy (non-hydrogen) atoms. The Morgan fingerprint density at radius 2 is 1.38 bits per heavy atom. The van der Waals surface area contributed by atoms with E-state index >= 15 is 0 Å². The van der Waals surface area contributed by atoms with Gasteiger partial charge in [-0.3, -0.25) is 0 Å². The van der Waals surface area contributed by atoms with E-state index in [1.54, 1.807) is 0 Å². The van der Waals surface area contributed by atoms with Gasteiger partial charge < -0.3 is 4.74 Å². The summed E-state index contributed by atoms with van der Waals surface area (Å²) >= 11 is 5.00. The monoisotopic (exact) mass is 348 g/mol. The SMILES string of the molecule is FC(F)(F)c1cc(OC(C(F)(F)F)C(F)(F)F)nc(Cl)n1. The van der Waals surface area contributed by atoms with Crippen LogP contribution in [0.25, 0.3) is 0 Å². The number of hydrogen-bond acceptors (Lipinski definition) is 3. The maximum absolute atomic E-state index is 12.3. The molecule has 1 rings (SSSR count). The van der Waals surface area contributed by atoms with E-state index in [-0.39, 0.29) is 6.07 Å². The topological polar surface area (TPSA) is 35.0 Å². The normalized spacial score (nSPS) is 13.7. The van der Waals surface area contributed by atoms with Gasteiger partial charge in [0.1, 0.15) is 0 Å². The Kier molecular flexibility index (Phi) is 4.51. The van der Waals surface area contributed by atoms with Gasteiger partial charge in [0, 0.05) is 6.07 Å². The Hall–Kier alpha value is -1.46. The highest BCUT2D eigenvalue weighted by Crippen LogP contribution is 2.37. The lowest BCUT2D eigenvalue weighted by atomic mass is 10.3. The predicted molar refractivity (Wildman–Crippen MR) is 48.6 cm³/mol. The maximum Gasteiger partial charge on any atom is 0.434 e. The van der Waals surface area contributed by atoms with Crippen molar-refractivity contribution in [1.82, 2.24) is 9.97 Å². The first-order valence-corrected chi connectivity index (χ1v) is 5.01. The summed E-state index contributed by atoms with van der Waals surface area (Å²) in [5, 5.41) is -1.22. The molecule has 1 aromatic rings. The van der Waals surface area contributed by atoms with Crippen molar-refractivity contribution in [3.8, 4) is 5.88 Å². The highest BCUT2D eigenvalue weighted by Gasteiger charge is 2.59. The number of hydrogen-bond donors (Lipinski definition) is 0. The van der Waals surface area contributed by atoms with E-state index in [2.05, 4.69) is 14.7 Å². The van der Waals surface area contributed by atoms with Gasteiger partial charge in [-0.05, 0) is 11.6 Å². The van der Waals surface area contributed by atoms with Crippen molar-refractivity contribution in [3.63, 3.8) is 0 Å². The molecule has 0 aliphatic carbocycles. The van der Waals surface area contributed by atoms with Gasteiger partial charge in [-0.25, -0.2) is 4.98 Å². The van der Waals surface area contributed by atoms with Crippen LogP contribution >= 0.6 is 11.6 Å². The average molecular weight is 349 g/mol. The first kappa shape index (κ1) is 17.6. The molecule has 0 radical (unpaired) electrons. The molecular formula is C8H2ClF9N2O. The van der Waals surface area contributed by atoms with Gasteiger partial charge in [0.05, 0.1) is 0 Å². The minimum absolute atomic E-state index is 0.226. The lowest BCUT2D eigenvalue weighted by Crippen LogP contribution is -2.46. The third-order valence-electron chi connectivity index (χ3n) is 1.80. The first-order valence-electron chi connectivity index (χ1n) is 4.63. The fourth-order valence-electron chi connectivity index (χ4n) is 1.04. The predicted octanol–water partition coefficient (Wildman–Crippen LogP) is 4.02. The van der Waals surface area contributed by atoms with Crippen molar-refractivity contribution in [2.24, 2.45) is 0 Å². The summed E-state index contributed by atoms with van der Waals surface area (Å²) < 4.78 is 114. The van der Waals surface area contributed by atoms with Crippen LogP contribution in [-0.4, -0.2) is 28.4 Å². The second-order valence-corrected chi connectivity index (χ2v) is 3.78. The van der Waals surface area contributed by atoms with Crippen molar-refractivity contribution in [1.29, 1.82) is 0 Å². The molecule has 0 aromatic carbocycles. The highest BCUT2D eigenvalue weighted by molar-refractivity contribution is 6.28. The van der Waals surface area contributed by atoms with Crippen LogP contribution in [0.5, 0.6) is 5.88 Å². The van der Waals surface area contributed by atoms with Gasteiger partial charge >= 0.3 is 18.5 Å². The van der Waals surface area contributed by atoms with Crippen LogP contribution in [0.4, 0.5) is 39.5 Å². The van der Waals surface area contributed by atoms with E-state index in [0.717, 1.165) is 0 Å². The van der Waals surface area contributed by atoms with Crippen molar-refractivity contribution in [2.75, 3.05) is 0 Å². The minimum atomic E-state index is -5.91. The van der Waals surface area contributed by atoms with Crippen LogP contribution in [0, 0.1) is 0 Å². The number of aromatic nitrogens is 2. The van der Waals surface area contributed by atoms with E-state index in [0.29, 0.717) is 0 Å². The molecule has 0 N–H and O–H groups in total. The Bertz CT molecular complexity index is 496. The summed E-state index contributed by atoms with van der Waals surface area (Å²) in [6.45, 7) is 0. The molecule has 0 unspecified atom stereocenters. The lowest BCUT2D eigenvalue weighted by molar-refractivity contribution is -0.300. The van der Waals surface area contributed by atoms with Crippen molar-refractivity contribution < 1.29 is 44.3 Å². The Balaban J connectivity index is 3.20. The number of ether oxygens (including phenoxy) is 1. The molecule has 0 amide bonds. The van der Waals surface area contributed by atoms with Crippen molar-refractivity contribution in [2.45, 2.75) is 24.6 Å². The third-order valence-corrected chi connectivity index (χ3v) is 1.97. The molecule has 0 saturated carbocycles. The maximum atomic E-state index is 12.3. The zero-order chi connectivity index (χ0) is 16.6. The van der Waals surface area contributed by atoms with E-state index < -0.39 is 41.5 Å². The highest BCUT2D eigenvalue weighted by atomic mass is 35.5. The molecule has 120 valence electrons. The molecule has 0 saturated heterocycles. The molecular weight excluding hydrogens is 347 g/mol. The number of halogens is 10. The lowest BCUT2D eigenvalue weighted by Gasteiger charge is -2.23. The van der Waals surface area contributed by atoms with Crippen molar-refractivity contribution in [3.05, 3.63) is 17.0 Å². The first-order chi connectivity index (χ1) is 9.21. The molecule has 0 spiro atoms. The van der Waals surface area contributed by atoms with Gasteiger partial charge in [-0.1, -0.05) is 0 Å². The van der Waals surface area contributed by atoms with E-state index in [1.165, 1.54) is 0 Å². The summed E-state index contributed by atoms with van der Waals surface area (Å²) in [5.74, 6) is -1.61. The van der Waals surface area contributed by atoms with Crippen LogP contribution in [-0.2, 0) is 6.18 Å². The fourth-order valence-corrected chi connectivity index (χ4v) is 1.22. The molecule has 1 aromatic heterocycles. The summed E-state index contributed by atoms with van der Waals surface area (Å²) in [4.78, 5) is 5.37. The summed E-state index contributed by atoms with van der Waals surface area (Å²) in [6, 6.07) is -0.226. The molecule has 3 nitrogen and oxygen atoms in total. The van der Waals surface area contributed by atoms with Crippen LogP contribution in [0.2, 0.25) is 5.28 Å². The van der Waals surface area contributed by atoms with Crippen LogP contribution in [0.15, 0.2) is 6.07 Å². The van der Waals surface area contributed by atoms with Gasteiger partial charge in [-0.15, -0.1) is 0 Å². The summed E-state index contributed by atoms with van der Waals surface area (Å²) in [7, 11) is 0. The number of nitrogens with zero attached hydrogens (tertiary/aromatic N) is 2. The second-order valence-electron chi connectivity index (χ2n) is 3.44. The molecule has 13 heteroatoms. The van der Waals surface area contributed by atoms with Gasteiger partial charge in [0.15, 0.2) is 5.69 Å². The molecule has 0 fully saturated rings. The van der Waals surface area contributed by atoms with E-state index in [1.807, 2.05) is 0 Å². The minimum Gasteiger partial charge on any atom is -0.455 e. The van der Waals surface area contributed by atoms with Crippen LogP contribution in [0.1, 0.15) is 5.69 Å². The summed E-state index contributed by atoms with van der Waals surface area (Å²) in [5.41, 5.74) is -1.85. The molecule has 0 bridgehead atoms. The largest absolute Gasteiger partial charge is 0.455 e. The fraction of sp³-hybridized carbons (Fsp3) is 0.500. The van der Waals surface area contributed by atoms with Gasteiger partial charge in [0.25, 0.3) is 6.10 Å². The molecule has 0 aliphatic heterocycles. The zero-order valence-corrected chi connectivity index (χ0v) is 9.99. The van der Waals surface area contributed by atoms with E-state index in [4.69, 9.17) is 11.6 Å². The third kappa shape index (κ3) is 4.79. The zero-order valence-electron chi connectivity index (χ0n) is 9.24. The average Bonchev–Trinajstić information content (AvgIpc) is 2.20. The molecule has 0 atom stereocenters. The van der Waals surface area contributed by atoms with Gasteiger partial charge in [-0.2, -0.15) is 44.5 Å². The smallest absolute Gasteiger partial charge is 0.434 e. The van der Waals surface area contributed by atoms with Gasteiger partial charge in [0.2, 0.25) is 11.2 Å². The Morgan fingerprint density at radius 3 is 1.76 bits per heavy atom. The standard InChI is InChI=1S/C8H2ClF9N2O/c9-5-19-2(6(10,11)12)1-3(20-5)21-4(7(13,14)15)8(16,17)18/h1,4H. The van der Waals surface area contributed by atoms with Crippen molar-refractivity contribution >= 4 is 11.6 Å². The number of alkyl halides is 9. The number of rotatable bonds is 2. The second kappa shape index (κ2) is 5.39. The molecule has 1 heterocycles. The Morgan fingerprint density at radius 1 is 0.905 bits per heavy atom. The molecule has 0 aliphatic rings. The Labute approximate surface area is 114 Å². The quantitative estimate of drug-likeness (QED) is 0.598. The van der Waals surface area contributed by atoms with E-state index in [9.17, 15) is 39.5 Å².